The number of fused-ring (bicyclic) bond motifs is 3. The van der Waals surface area contributed by atoms with E-state index in [4.69, 9.17) is 13.9 Å². The van der Waals surface area contributed by atoms with E-state index in [1.807, 2.05) is 0 Å². The molecule has 2 aliphatic rings. The molecule has 0 saturated carbocycles. The Morgan fingerprint density at radius 1 is 0.771 bits per heavy atom. The van der Waals surface area contributed by atoms with Gasteiger partial charge in [0, 0.05) is 11.1 Å². The molecule has 1 aliphatic carbocycles. The summed E-state index contributed by atoms with van der Waals surface area (Å²) in [5, 5.41) is 22.7. The number of allylic oxidation sites excluding steroid dienone is 1. The maximum absolute atomic E-state index is 13.4. The van der Waals surface area contributed by atoms with Crippen molar-refractivity contribution in [1.82, 2.24) is 0 Å². The van der Waals surface area contributed by atoms with E-state index >= 15 is 0 Å². The molecule has 6 rings (SSSR count). The number of aromatic hydroxyl groups is 1. The lowest BCUT2D eigenvalue weighted by molar-refractivity contribution is -0.112. The minimum absolute atomic E-state index is 0.00838. The number of carbonyl (C=O) groups is 2. The normalized spacial score (nSPS) is 15.4. The zero-order valence-corrected chi connectivity index (χ0v) is 18.0. The van der Waals surface area contributed by atoms with Gasteiger partial charge in [0.25, 0.3) is 0 Å². The third-order valence-electron chi connectivity index (χ3n) is 6.26. The van der Waals surface area contributed by atoms with E-state index in [1.54, 1.807) is 48.5 Å². The maximum Gasteiger partial charge on any atom is 0.344 e. The molecule has 0 spiro atoms. The Morgan fingerprint density at radius 2 is 1.49 bits per heavy atom. The van der Waals surface area contributed by atoms with Crippen LogP contribution >= 0.6 is 0 Å². The zero-order valence-electron chi connectivity index (χ0n) is 18.0. The highest BCUT2D eigenvalue weighted by atomic mass is 16.7. The van der Waals surface area contributed by atoms with Crippen LogP contribution in [-0.2, 0) is 4.79 Å². The van der Waals surface area contributed by atoms with Crippen LogP contribution in [0.25, 0.3) is 16.7 Å². The molecule has 0 fully saturated rings. The Bertz CT molecular complexity index is 1660. The third-order valence-corrected chi connectivity index (χ3v) is 6.26. The molecular formula is C27H16O8. The van der Waals surface area contributed by atoms with Gasteiger partial charge in [0.2, 0.25) is 18.4 Å². The number of aliphatic hydroxyl groups is 1. The van der Waals surface area contributed by atoms with Crippen LogP contribution in [0.3, 0.4) is 0 Å². The topological polar surface area (TPSA) is 123 Å². The van der Waals surface area contributed by atoms with Crippen molar-refractivity contribution in [3.63, 3.8) is 0 Å². The Labute approximate surface area is 197 Å². The SMILES string of the molecule is O=C1C(=O)c2ccccc2C(O)=C1C(c1ccc2c(c1)OCO2)c1c(O)c2ccccc2oc1=O. The van der Waals surface area contributed by atoms with Gasteiger partial charge in [-0.2, -0.15) is 0 Å². The van der Waals surface area contributed by atoms with Gasteiger partial charge in [0.1, 0.15) is 17.1 Å². The predicted octanol–water partition coefficient (Wildman–Crippen LogP) is 4.09. The predicted molar refractivity (Wildman–Crippen MR) is 124 cm³/mol. The first-order valence-corrected chi connectivity index (χ1v) is 10.7. The number of aliphatic hydroxyl groups excluding tert-OH is 1. The summed E-state index contributed by atoms with van der Waals surface area (Å²) in [6.45, 7) is -0.00838. The molecule has 172 valence electrons. The molecule has 2 N–H and O–H groups in total. The minimum Gasteiger partial charge on any atom is -0.507 e. The standard InChI is InChI=1S/C27H16O8/c28-23-14-5-1-2-6-15(14)25(30)26(31)21(23)20(13-9-10-18-19(11-13)34-12-33-18)22-24(29)16-7-3-4-8-17(16)35-27(22)32/h1-11,20,28-29H,12H2. The van der Waals surface area contributed by atoms with Gasteiger partial charge in [-0.05, 0) is 29.8 Å². The van der Waals surface area contributed by atoms with Crippen LogP contribution < -0.4 is 15.1 Å². The first-order valence-electron chi connectivity index (χ1n) is 10.7. The van der Waals surface area contributed by atoms with Crippen molar-refractivity contribution in [3.05, 3.63) is 105 Å². The van der Waals surface area contributed by atoms with Crippen LogP contribution in [0.4, 0.5) is 0 Å². The number of benzene rings is 3. The van der Waals surface area contributed by atoms with Crippen molar-refractivity contribution in [2.45, 2.75) is 5.92 Å². The van der Waals surface area contributed by atoms with Crippen LogP contribution in [0.1, 0.15) is 33.0 Å². The molecule has 2 heterocycles. The third kappa shape index (κ3) is 3.03. The van der Waals surface area contributed by atoms with Crippen molar-refractivity contribution in [2.75, 3.05) is 6.79 Å². The fourth-order valence-electron chi connectivity index (χ4n) is 4.63. The zero-order chi connectivity index (χ0) is 24.3. The number of hydrogen-bond donors (Lipinski definition) is 2. The van der Waals surface area contributed by atoms with Gasteiger partial charge >= 0.3 is 5.63 Å². The summed E-state index contributed by atoms with van der Waals surface area (Å²) in [6, 6.07) is 17.2. The number of Topliss-reactive ketones (excluding diaryl/α,β-unsaturated/α-hetero) is 2. The summed E-state index contributed by atoms with van der Waals surface area (Å²) >= 11 is 0. The highest BCUT2D eigenvalue weighted by Gasteiger charge is 2.41. The molecule has 4 aromatic rings. The molecule has 0 amide bonds. The largest absolute Gasteiger partial charge is 0.507 e. The highest BCUT2D eigenvalue weighted by Crippen LogP contribution is 2.45. The number of ether oxygens (including phenoxy) is 2. The molecule has 1 aliphatic heterocycles. The summed E-state index contributed by atoms with van der Waals surface area (Å²) in [4.78, 5) is 39.6. The lowest BCUT2D eigenvalue weighted by atomic mass is 9.76. The molecule has 0 saturated heterocycles. The Balaban J connectivity index is 1.70. The van der Waals surface area contributed by atoms with E-state index in [1.165, 1.54) is 18.2 Å². The second-order valence-electron chi connectivity index (χ2n) is 8.16. The van der Waals surface area contributed by atoms with E-state index in [0.29, 0.717) is 17.1 Å². The van der Waals surface area contributed by atoms with Gasteiger partial charge < -0.3 is 24.1 Å². The van der Waals surface area contributed by atoms with E-state index in [2.05, 4.69) is 0 Å². The molecule has 0 radical (unpaired) electrons. The van der Waals surface area contributed by atoms with Crippen LogP contribution in [0.5, 0.6) is 17.2 Å². The summed E-state index contributed by atoms with van der Waals surface area (Å²) in [7, 11) is 0. The lowest BCUT2D eigenvalue weighted by Gasteiger charge is -2.25. The van der Waals surface area contributed by atoms with Gasteiger partial charge in [-0.1, -0.05) is 42.5 Å². The molecule has 1 atom stereocenters. The molecule has 3 aromatic carbocycles. The summed E-state index contributed by atoms with van der Waals surface area (Å²) < 4.78 is 16.3. The maximum atomic E-state index is 13.4. The fourth-order valence-corrected chi connectivity index (χ4v) is 4.63. The van der Waals surface area contributed by atoms with Crippen molar-refractivity contribution >= 4 is 28.3 Å². The van der Waals surface area contributed by atoms with Gasteiger partial charge in [-0.25, -0.2) is 4.79 Å². The molecule has 35 heavy (non-hydrogen) atoms. The molecule has 1 aromatic heterocycles. The van der Waals surface area contributed by atoms with E-state index in [9.17, 15) is 24.6 Å². The van der Waals surface area contributed by atoms with E-state index in [0.717, 1.165) is 0 Å². The Kier molecular flexibility index (Phi) is 4.50. The van der Waals surface area contributed by atoms with E-state index < -0.39 is 34.6 Å². The monoisotopic (exact) mass is 468 g/mol. The number of rotatable bonds is 3. The molecular weight excluding hydrogens is 452 g/mol. The quantitative estimate of drug-likeness (QED) is 0.340. The molecule has 8 heteroatoms. The first kappa shape index (κ1) is 20.7. The van der Waals surface area contributed by atoms with Gasteiger partial charge in [-0.15, -0.1) is 0 Å². The number of ketones is 2. The number of hydrogen-bond acceptors (Lipinski definition) is 8. The average Bonchev–Trinajstić information content (AvgIpc) is 3.34. The fraction of sp³-hybridized carbons (Fsp3) is 0.0741. The smallest absolute Gasteiger partial charge is 0.344 e. The van der Waals surface area contributed by atoms with Crippen molar-refractivity contribution in [1.29, 1.82) is 0 Å². The van der Waals surface area contributed by atoms with Gasteiger partial charge in [0.05, 0.1) is 22.4 Å². The Morgan fingerprint density at radius 3 is 2.31 bits per heavy atom. The summed E-state index contributed by atoms with van der Waals surface area (Å²) in [5.41, 5.74) is -0.870. The van der Waals surface area contributed by atoms with Crippen LogP contribution in [0.2, 0.25) is 0 Å². The van der Waals surface area contributed by atoms with E-state index in [-0.39, 0.29) is 40.0 Å². The van der Waals surface area contributed by atoms with Crippen molar-refractivity contribution < 1.29 is 33.7 Å². The molecule has 1 unspecified atom stereocenters. The highest BCUT2D eigenvalue weighted by molar-refractivity contribution is 6.52. The average molecular weight is 468 g/mol. The van der Waals surface area contributed by atoms with Crippen molar-refractivity contribution in [3.8, 4) is 17.2 Å². The second kappa shape index (κ2) is 7.59. The number of carbonyl (C=O) groups excluding carboxylic acids is 2. The van der Waals surface area contributed by atoms with Crippen LogP contribution in [-0.4, -0.2) is 28.6 Å². The molecule has 0 bridgehead atoms. The van der Waals surface area contributed by atoms with Crippen LogP contribution in [0.15, 0.2) is 81.5 Å². The van der Waals surface area contributed by atoms with Crippen molar-refractivity contribution in [2.24, 2.45) is 0 Å². The number of para-hydroxylation sites is 1. The van der Waals surface area contributed by atoms with Gasteiger partial charge in [0.15, 0.2) is 11.5 Å². The first-order chi connectivity index (χ1) is 17.0. The summed E-state index contributed by atoms with van der Waals surface area (Å²) in [5.74, 6) is -3.22. The minimum atomic E-state index is -1.34. The Hall–Kier alpha value is -4.85. The summed E-state index contributed by atoms with van der Waals surface area (Å²) in [6.07, 6.45) is 0. The van der Waals surface area contributed by atoms with Crippen LogP contribution in [0, 0.1) is 0 Å². The lowest BCUT2D eigenvalue weighted by Crippen LogP contribution is -2.29. The second-order valence-corrected chi connectivity index (χ2v) is 8.16. The van der Waals surface area contributed by atoms with Gasteiger partial charge in [-0.3, -0.25) is 9.59 Å². The molecule has 8 nitrogen and oxygen atoms in total.